The van der Waals surface area contributed by atoms with Crippen molar-refractivity contribution < 1.29 is 9.47 Å². The first-order chi connectivity index (χ1) is 8.78. The van der Waals surface area contributed by atoms with Crippen LogP contribution < -0.4 is 9.47 Å². The lowest BCUT2D eigenvalue weighted by molar-refractivity contribution is 0.223. The first kappa shape index (κ1) is 13.3. The van der Waals surface area contributed by atoms with Crippen LogP contribution in [0.1, 0.15) is 39.0 Å². The number of hydrogen-bond donors (Lipinski definition) is 0. The molecule has 1 aliphatic carbocycles. The van der Waals surface area contributed by atoms with Gasteiger partial charge in [-0.15, -0.1) is 0 Å². The average molecular weight is 248 g/mol. The highest BCUT2D eigenvalue weighted by atomic mass is 16.5. The second kappa shape index (κ2) is 6.67. The van der Waals surface area contributed by atoms with Crippen LogP contribution in [0.5, 0.6) is 11.5 Å². The smallest absolute Gasteiger partial charge is 0.119 e. The Morgan fingerprint density at radius 1 is 1.00 bits per heavy atom. The highest BCUT2D eigenvalue weighted by molar-refractivity contribution is 5.31. The molecule has 0 amide bonds. The molecule has 0 aromatic heterocycles. The first-order valence-corrected chi connectivity index (χ1v) is 7.05. The van der Waals surface area contributed by atoms with E-state index in [4.69, 9.17) is 9.47 Å². The Kier molecular flexibility index (Phi) is 4.91. The average Bonchev–Trinajstić information content (AvgIpc) is 2.42. The molecule has 100 valence electrons. The summed E-state index contributed by atoms with van der Waals surface area (Å²) in [6.07, 6.45) is 6.75. The molecular weight excluding hydrogens is 224 g/mol. The van der Waals surface area contributed by atoms with E-state index < -0.39 is 0 Å². The second-order valence-electron chi connectivity index (χ2n) is 5.44. The molecule has 1 fully saturated rings. The van der Waals surface area contributed by atoms with Crippen molar-refractivity contribution in [2.45, 2.75) is 39.0 Å². The molecule has 0 heterocycles. The quantitative estimate of drug-likeness (QED) is 0.774. The van der Waals surface area contributed by atoms with Crippen LogP contribution >= 0.6 is 0 Å². The molecule has 0 bridgehead atoms. The molecule has 0 unspecified atom stereocenters. The molecule has 0 spiro atoms. The molecule has 0 N–H and O–H groups in total. The van der Waals surface area contributed by atoms with Gasteiger partial charge in [-0.05, 0) is 42.5 Å². The SMILES string of the molecule is COc1ccc(OCCC2CCC(C)CC2)cc1. The minimum atomic E-state index is 0.839. The van der Waals surface area contributed by atoms with Crippen molar-refractivity contribution in [1.29, 1.82) is 0 Å². The summed E-state index contributed by atoms with van der Waals surface area (Å²) in [6.45, 7) is 3.20. The second-order valence-corrected chi connectivity index (χ2v) is 5.44. The van der Waals surface area contributed by atoms with Crippen LogP contribution in [0.4, 0.5) is 0 Å². The molecule has 0 radical (unpaired) electrons. The molecule has 18 heavy (non-hydrogen) atoms. The lowest BCUT2D eigenvalue weighted by Crippen LogP contribution is -2.14. The van der Waals surface area contributed by atoms with Crippen molar-refractivity contribution in [3.05, 3.63) is 24.3 Å². The van der Waals surface area contributed by atoms with Gasteiger partial charge < -0.3 is 9.47 Å². The van der Waals surface area contributed by atoms with Crippen molar-refractivity contribution in [2.24, 2.45) is 11.8 Å². The minimum absolute atomic E-state index is 0.839. The van der Waals surface area contributed by atoms with Gasteiger partial charge in [0.1, 0.15) is 11.5 Å². The van der Waals surface area contributed by atoms with Gasteiger partial charge >= 0.3 is 0 Å². The van der Waals surface area contributed by atoms with Crippen molar-refractivity contribution in [2.75, 3.05) is 13.7 Å². The topological polar surface area (TPSA) is 18.5 Å². The Morgan fingerprint density at radius 3 is 2.22 bits per heavy atom. The van der Waals surface area contributed by atoms with Gasteiger partial charge in [-0.2, -0.15) is 0 Å². The van der Waals surface area contributed by atoms with Gasteiger partial charge in [-0.3, -0.25) is 0 Å². The summed E-state index contributed by atoms with van der Waals surface area (Å²) in [5, 5.41) is 0. The number of methoxy groups -OCH3 is 1. The van der Waals surface area contributed by atoms with Crippen LogP contribution in [0.25, 0.3) is 0 Å². The fourth-order valence-corrected chi connectivity index (χ4v) is 2.63. The summed E-state index contributed by atoms with van der Waals surface area (Å²) in [7, 11) is 1.68. The summed E-state index contributed by atoms with van der Waals surface area (Å²) < 4.78 is 10.9. The number of hydrogen-bond acceptors (Lipinski definition) is 2. The van der Waals surface area contributed by atoms with E-state index in [0.29, 0.717) is 0 Å². The summed E-state index contributed by atoms with van der Waals surface area (Å²) in [4.78, 5) is 0. The van der Waals surface area contributed by atoms with Gasteiger partial charge in [-0.25, -0.2) is 0 Å². The maximum absolute atomic E-state index is 5.78. The van der Waals surface area contributed by atoms with Crippen LogP contribution in [0.15, 0.2) is 24.3 Å². The molecule has 1 aromatic carbocycles. The van der Waals surface area contributed by atoms with Crippen LogP contribution in [0.2, 0.25) is 0 Å². The Morgan fingerprint density at radius 2 is 1.61 bits per heavy atom. The standard InChI is InChI=1S/C16H24O2/c1-13-3-5-14(6-4-13)11-12-18-16-9-7-15(17-2)8-10-16/h7-10,13-14H,3-6,11-12H2,1-2H3. The van der Waals surface area contributed by atoms with Crippen LogP contribution in [-0.2, 0) is 0 Å². The maximum atomic E-state index is 5.78. The molecule has 0 saturated heterocycles. The van der Waals surface area contributed by atoms with Crippen molar-refractivity contribution >= 4 is 0 Å². The lowest BCUT2D eigenvalue weighted by atomic mass is 9.82. The molecule has 2 rings (SSSR count). The third-order valence-corrected chi connectivity index (χ3v) is 3.99. The maximum Gasteiger partial charge on any atom is 0.119 e. The van der Waals surface area contributed by atoms with Crippen molar-refractivity contribution in [1.82, 2.24) is 0 Å². The van der Waals surface area contributed by atoms with Gasteiger partial charge in [0.2, 0.25) is 0 Å². The molecule has 0 aliphatic heterocycles. The largest absolute Gasteiger partial charge is 0.497 e. The van der Waals surface area contributed by atoms with Gasteiger partial charge in [0.25, 0.3) is 0 Å². The third kappa shape index (κ3) is 3.94. The number of ether oxygens (including phenoxy) is 2. The predicted molar refractivity (Wildman–Crippen MR) is 74.2 cm³/mol. The highest BCUT2D eigenvalue weighted by Crippen LogP contribution is 2.30. The van der Waals surface area contributed by atoms with E-state index in [1.807, 2.05) is 24.3 Å². The number of rotatable bonds is 5. The van der Waals surface area contributed by atoms with Gasteiger partial charge in [0.15, 0.2) is 0 Å². The molecule has 1 aliphatic rings. The van der Waals surface area contributed by atoms with E-state index in [-0.39, 0.29) is 0 Å². The Hall–Kier alpha value is -1.18. The lowest BCUT2D eigenvalue weighted by Gasteiger charge is -2.25. The molecular formula is C16H24O2. The molecule has 1 aromatic rings. The Balaban J connectivity index is 1.68. The summed E-state index contributed by atoms with van der Waals surface area (Å²) in [5.41, 5.74) is 0. The minimum Gasteiger partial charge on any atom is -0.497 e. The van der Waals surface area contributed by atoms with Crippen molar-refractivity contribution in [3.8, 4) is 11.5 Å². The Bertz CT molecular complexity index is 337. The van der Waals surface area contributed by atoms with E-state index in [9.17, 15) is 0 Å². The molecule has 0 atom stereocenters. The normalized spacial score (nSPS) is 23.7. The predicted octanol–water partition coefficient (Wildman–Crippen LogP) is 4.29. The number of benzene rings is 1. The highest BCUT2D eigenvalue weighted by Gasteiger charge is 2.17. The van der Waals surface area contributed by atoms with E-state index in [0.717, 1.165) is 29.9 Å². The zero-order chi connectivity index (χ0) is 12.8. The fraction of sp³-hybridized carbons (Fsp3) is 0.625. The van der Waals surface area contributed by atoms with Gasteiger partial charge in [0.05, 0.1) is 13.7 Å². The van der Waals surface area contributed by atoms with Gasteiger partial charge in [-0.1, -0.05) is 32.6 Å². The fourth-order valence-electron chi connectivity index (χ4n) is 2.63. The van der Waals surface area contributed by atoms with Gasteiger partial charge in [0, 0.05) is 0 Å². The zero-order valence-corrected chi connectivity index (χ0v) is 11.5. The van der Waals surface area contributed by atoms with E-state index in [2.05, 4.69) is 6.92 Å². The molecule has 1 saturated carbocycles. The van der Waals surface area contributed by atoms with Crippen LogP contribution in [0.3, 0.4) is 0 Å². The third-order valence-electron chi connectivity index (χ3n) is 3.99. The Labute approximate surface area is 110 Å². The van der Waals surface area contributed by atoms with Crippen LogP contribution in [-0.4, -0.2) is 13.7 Å². The molecule has 2 nitrogen and oxygen atoms in total. The van der Waals surface area contributed by atoms with Crippen LogP contribution in [0, 0.1) is 11.8 Å². The monoisotopic (exact) mass is 248 g/mol. The van der Waals surface area contributed by atoms with Crippen molar-refractivity contribution in [3.63, 3.8) is 0 Å². The summed E-state index contributed by atoms with van der Waals surface area (Å²) in [5.74, 6) is 3.63. The molecule has 2 heteroatoms. The zero-order valence-electron chi connectivity index (χ0n) is 11.5. The van der Waals surface area contributed by atoms with E-state index in [1.165, 1.54) is 32.1 Å². The summed E-state index contributed by atoms with van der Waals surface area (Å²) in [6, 6.07) is 7.83. The summed E-state index contributed by atoms with van der Waals surface area (Å²) >= 11 is 0. The van der Waals surface area contributed by atoms with E-state index in [1.54, 1.807) is 7.11 Å². The first-order valence-electron chi connectivity index (χ1n) is 7.05. The van der Waals surface area contributed by atoms with E-state index >= 15 is 0 Å².